The molecule has 1 heterocycles. The summed E-state index contributed by atoms with van der Waals surface area (Å²) < 4.78 is 0. The quantitative estimate of drug-likeness (QED) is 0.313. The van der Waals surface area contributed by atoms with E-state index in [0.29, 0.717) is 35.5 Å². The summed E-state index contributed by atoms with van der Waals surface area (Å²) in [5.74, 6) is -0.196. The van der Waals surface area contributed by atoms with E-state index < -0.39 is 23.2 Å². The van der Waals surface area contributed by atoms with Gasteiger partial charge in [0.1, 0.15) is 0 Å². The number of allylic oxidation sites excluding steroid dienone is 2. The van der Waals surface area contributed by atoms with Crippen molar-refractivity contribution in [3.8, 4) is 0 Å². The first kappa shape index (κ1) is 30.9. The van der Waals surface area contributed by atoms with E-state index in [1.165, 1.54) is 12.0 Å². The SMILES string of the molecule is C[C@H]1CC[C@]2(C)[C@H]3C(=O)C=C4[C@@H]5C[C@@](C)(C(=O)ON6C(=O)c7ccccc7C6=O)CC[C@]5(C)CC[C@@]4(C)[C@]3(C)CC[C@H]2C1(C)C. The highest BCUT2D eigenvalue weighted by Crippen LogP contribution is 2.75. The van der Waals surface area contributed by atoms with Crippen LogP contribution in [0.4, 0.5) is 0 Å². The molecule has 0 unspecified atom stereocenters. The van der Waals surface area contributed by atoms with Crippen LogP contribution in [0.25, 0.3) is 0 Å². The van der Waals surface area contributed by atoms with Gasteiger partial charge in [0.15, 0.2) is 5.78 Å². The predicted molar refractivity (Wildman–Crippen MR) is 172 cm³/mol. The number of fused-ring (bicyclic) bond motifs is 8. The van der Waals surface area contributed by atoms with Crippen LogP contribution in [0, 0.1) is 56.2 Å². The summed E-state index contributed by atoms with van der Waals surface area (Å²) in [5.41, 5.74) is 0.747. The average Bonchev–Trinajstić information content (AvgIpc) is 3.22. The number of rotatable bonds is 2. The molecule has 7 rings (SSSR count). The fourth-order valence-corrected chi connectivity index (χ4v) is 12.0. The van der Waals surface area contributed by atoms with Crippen LogP contribution in [0.5, 0.6) is 0 Å². The third-order valence-corrected chi connectivity index (χ3v) is 15.5. The molecule has 1 aromatic rings. The minimum Gasteiger partial charge on any atom is -0.329 e. The van der Waals surface area contributed by atoms with Gasteiger partial charge in [-0.1, -0.05) is 71.2 Å². The van der Waals surface area contributed by atoms with Gasteiger partial charge >= 0.3 is 5.97 Å². The first-order valence-corrected chi connectivity index (χ1v) is 17.4. The monoisotopic (exact) mass is 613 g/mol. The molecule has 6 nitrogen and oxygen atoms in total. The van der Waals surface area contributed by atoms with Gasteiger partial charge in [-0.15, -0.1) is 0 Å². The number of hydroxylamine groups is 2. The van der Waals surface area contributed by atoms with Gasteiger partial charge in [-0.25, -0.2) is 4.79 Å². The Hall–Kier alpha value is -2.76. The van der Waals surface area contributed by atoms with E-state index in [0.717, 1.165) is 38.5 Å². The summed E-state index contributed by atoms with van der Waals surface area (Å²) in [7, 11) is 0. The van der Waals surface area contributed by atoms with Crippen LogP contribution in [0.3, 0.4) is 0 Å². The van der Waals surface area contributed by atoms with Gasteiger partial charge in [-0.2, -0.15) is 0 Å². The normalized spacial score (nSPS) is 45.0. The van der Waals surface area contributed by atoms with Crippen molar-refractivity contribution in [1.82, 2.24) is 5.06 Å². The number of carbonyl (C=O) groups excluding carboxylic acids is 4. The molecular formula is C39H51NO5. The summed E-state index contributed by atoms with van der Waals surface area (Å²) in [5, 5.41) is 0.651. The van der Waals surface area contributed by atoms with Crippen LogP contribution in [-0.2, 0) is 14.4 Å². The molecule has 6 heteroatoms. The van der Waals surface area contributed by atoms with Gasteiger partial charge in [0.2, 0.25) is 0 Å². The molecule has 242 valence electrons. The van der Waals surface area contributed by atoms with Gasteiger partial charge in [0, 0.05) is 5.92 Å². The van der Waals surface area contributed by atoms with Crippen LogP contribution in [0.1, 0.15) is 134 Å². The zero-order chi connectivity index (χ0) is 32.5. The zero-order valence-corrected chi connectivity index (χ0v) is 28.5. The molecule has 9 atom stereocenters. The molecule has 0 bridgehead atoms. The topological polar surface area (TPSA) is 80.8 Å². The van der Waals surface area contributed by atoms with E-state index in [4.69, 9.17) is 4.84 Å². The number of benzene rings is 1. The van der Waals surface area contributed by atoms with Crippen LogP contribution in [-0.4, -0.2) is 28.6 Å². The second-order valence-corrected chi connectivity index (χ2v) is 17.8. The molecule has 6 aliphatic rings. The number of imide groups is 1. The number of carbonyl (C=O) groups is 4. The molecule has 0 aromatic heterocycles. The molecule has 1 aromatic carbocycles. The van der Waals surface area contributed by atoms with Crippen molar-refractivity contribution in [1.29, 1.82) is 0 Å². The summed E-state index contributed by atoms with van der Waals surface area (Å²) in [6, 6.07) is 6.57. The lowest BCUT2D eigenvalue weighted by Gasteiger charge is -2.70. The van der Waals surface area contributed by atoms with E-state index in [1.54, 1.807) is 24.3 Å². The number of nitrogens with zero attached hydrogens (tertiary/aromatic N) is 1. The largest absolute Gasteiger partial charge is 0.339 e. The Morgan fingerprint density at radius 1 is 0.822 bits per heavy atom. The minimum absolute atomic E-state index is 0.00222. The predicted octanol–water partition coefficient (Wildman–Crippen LogP) is 8.36. The zero-order valence-electron chi connectivity index (χ0n) is 28.5. The first-order valence-electron chi connectivity index (χ1n) is 17.4. The molecule has 1 aliphatic heterocycles. The molecule has 4 fully saturated rings. The fraction of sp³-hybridized carbons (Fsp3) is 0.692. The van der Waals surface area contributed by atoms with Crippen LogP contribution in [0.2, 0.25) is 0 Å². The van der Waals surface area contributed by atoms with Gasteiger partial charge in [0.05, 0.1) is 16.5 Å². The highest BCUT2D eigenvalue weighted by Gasteiger charge is 2.70. The van der Waals surface area contributed by atoms with E-state index in [-0.39, 0.29) is 50.0 Å². The Labute approximate surface area is 268 Å². The van der Waals surface area contributed by atoms with Crippen molar-refractivity contribution in [2.24, 2.45) is 56.2 Å². The summed E-state index contributed by atoms with van der Waals surface area (Å²) in [6.07, 6.45) is 10.7. The van der Waals surface area contributed by atoms with Crippen molar-refractivity contribution in [2.45, 2.75) is 113 Å². The van der Waals surface area contributed by atoms with Crippen molar-refractivity contribution in [3.63, 3.8) is 0 Å². The molecular weight excluding hydrogens is 562 g/mol. The Balaban J connectivity index is 1.21. The maximum absolute atomic E-state index is 14.6. The Morgan fingerprint density at radius 3 is 2.09 bits per heavy atom. The summed E-state index contributed by atoms with van der Waals surface area (Å²) in [6.45, 7) is 18.8. The van der Waals surface area contributed by atoms with Gasteiger partial charge in [-0.3, -0.25) is 14.4 Å². The first-order chi connectivity index (χ1) is 20.9. The molecule has 0 radical (unpaired) electrons. The lowest BCUT2D eigenvalue weighted by molar-refractivity contribution is -0.196. The smallest absolute Gasteiger partial charge is 0.329 e. The third-order valence-electron chi connectivity index (χ3n) is 15.5. The maximum Gasteiger partial charge on any atom is 0.339 e. The fourth-order valence-electron chi connectivity index (χ4n) is 12.0. The molecule has 0 saturated heterocycles. The van der Waals surface area contributed by atoms with Crippen LogP contribution >= 0.6 is 0 Å². The van der Waals surface area contributed by atoms with Crippen LogP contribution < -0.4 is 0 Å². The molecule has 0 spiro atoms. The Kier molecular flexibility index (Phi) is 6.46. The van der Waals surface area contributed by atoms with E-state index in [1.807, 2.05) is 13.0 Å². The van der Waals surface area contributed by atoms with E-state index in [2.05, 4.69) is 48.5 Å². The number of ketones is 1. The standard InChI is InChI=1S/C39H51NO5/c1-23-13-15-37(6)29(34(23,2)3)14-16-39(8)30(37)28(41)21-26-27-22-36(5,18-17-35(27,4)19-20-38(26,39)7)33(44)45-40-31(42)24-11-9-10-12-25(24)32(40)43/h9-12,21,23,27,29-30H,13-20,22H2,1-8H3/t23-,27-,29-,30+,35+,36-,37-,38+,39+/m0/s1. The van der Waals surface area contributed by atoms with Crippen molar-refractivity contribution < 1.29 is 24.0 Å². The maximum atomic E-state index is 14.6. The third kappa shape index (κ3) is 3.86. The summed E-state index contributed by atoms with van der Waals surface area (Å²) >= 11 is 0. The van der Waals surface area contributed by atoms with Crippen LogP contribution in [0.15, 0.2) is 35.9 Å². The highest BCUT2D eigenvalue weighted by molar-refractivity contribution is 6.20. The van der Waals surface area contributed by atoms with E-state index in [9.17, 15) is 19.2 Å². The average molecular weight is 614 g/mol. The molecule has 2 amide bonds. The number of hydrogen-bond donors (Lipinski definition) is 0. The van der Waals surface area contributed by atoms with Gasteiger partial charge in [0.25, 0.3) is 11.8 Å². The Bertz CT molecular complexity index is 1520. The van der Waals surface area contributed by atoms with Crippen molar-refractivity contribution in [2.75, 3.05) is 0 Å². The highest BCUT2D eigenvalue weighted by atomic mass is 16.7. The lowest BCUT2D eigenvalue weighted by atomic mass is 9.33. The number of hydrogen-bond acceptors (Lipinski definition) is 5. The lowest BCUT2D eigenvalue weighted by Crippen LogP contribution is -2.66. The molecule has 45 heavy (non-hydrogen) atoms. The van der Waals surface area contributed by atoms with Gasteiger partial charge < -0.3 is 4.84 Å². The molecule has 5 aliphatic carbocycles. The number of amides is 2. The molecule has 0 N–H and O–H groups in total. The second-order valence-electron chi connectivity index (χ2n) is 17.8. The van der Waals surface area contributed by atoms with E-state index >= 15 is 0 Å². The van der Waals surface area contributed by atoms with Crippen molar-refractivity contribution >= 4 is 23.6 Å². The Morgan fingerprint density at radius 2 is 1.44 bits per heavy atom. The summed E-state index contributed by atoms with van der Waals surface area (Å²) in [4.78, 5) is 60.2. The second kappa shape index (κ2) is 9.41. The molecule has 4 saturated carbocycles. The minimum atomic E-state index is -0.882. The van der Waals surface area contributed by atoms with Gasteiger partial charge in [-0.05, 0) is 128 Å². The van der Waals surface area contributed by atoms with Crippen molar-refractivity contribution in [3.05, 3.63) is 47.0 Å².